The Labute approximate surface area is 146 Å². The molecule has 0 radical (unpaired) electrons. The second kappa shape index (κ2) is 5.82. The Balaban J connectivity index is 1.89. The fourth-order valence-electron chi connectivity index (χ4n) is 4.21. The molecule has 1 aromatic carbocycles. The number of methoxy groups -OCH3 is 1. The number of nitrogens with zero attached hydrogens (tertiary/aromatic N) is 1. The molecule has 3 rings (SSSR count). The van der Waals surface area contributed by atoms with Crippen molar-refractivity contribution < 1.29 is 13.2 Å². The van der Waals surface area contributed by atoms with Gasteiger partial charge in [0, 0.05) is 19.2 Å². The number of benzene rings is 1. The standard InChI is InChI=1S/C19H29NO3S/c1-18(2,3)14-6-10-17(11-7-14)24(21,22)20-15-8-9-16(20)13-19(4,12-15)23-5/h6-7,10-11,15-16H,8-9,12-13H2,1-5H3/t15-,16+,19?. The van der Waals surface area contributed by atoms with Gasteiger partial charge in [0.2, 0.25) is 10.0 Å². The number of sulfonamides is 1. The van der Waals surface area contributed by atoms with Crippen molar-refractivity contribution in [2.24, 2.45) is 0 Å². The van der Waals surface area contributed by atoms with Crippen LogP contribution in [0.5, 0.6) is 0 Å². The zero-order valence-corrected chi connectivity index (χ0v) is 16.2. The average Bonchev–Trinajstić information content (AvgIpc) is 2.80. The Morgan fingerprint density at radius 1 is 1.08 bits per heavy atom. The lowest BCUT2D eigenvalue weighted by atomic mass is 9.87. The molecule has 2 saturated heterocycles. The summed E-state index contributed by atoms with van der Waals surface area (Å²) in [7, 11) is -1.71. The minimum Gasteiger partial charge on any atom is -0.378 e. The van der Waals surface area contributed by atoms with Crippen LogP contribution in [0.1, 0.15) is 58.9 Å². The molecule has 1 aromatic rings. The van der Waals surface area contributed by atoms with E-state index in [4.69, 9.17) is 4.74 Å². The highest BCUT2D eigenvalue weighted by Gasteiger charge is 2.51. The normalized spacial score (nSPS) is 31.4. The van der Waals surface area contributed by atoms with Gasteiger partial charge in [0.15, 0.2) is 0 Å². The molecule has 2 aliphatic rings. The monoisotopic (exact) mass is 351 g/mol. The molecule has 0 saturated carbocycles. The molecule has 2 bridgehead atoms. The van der Waals surface area contributed by atoms with E-state index in [1.54, 1.807) is 23.5 Å². The van der Waals surface area contributed by atoms with Crippen LogP contribution in [0.25, 0.3) is 0 Å². The maximum absolute atomic E-state index is 13.2. The van der Waals surface area contributed by atoms with Crippen LogP contribution in [0.15, 0.2) is 29.2 Å². The van der Waals surface area contributed by atoms with Crippen LogP contribution in [-0.4, -0.2) is 37.5 Å². The highest BCUT2D eigenvalue weighted by atomic mass is 32.2. The molecular weight excluding hydrogens is 322 g/mol. The second-order valence-corrected chi connectivity index (χ2v) is 10.4. The summed E-state index contributed by atoms with van der Waals surface area (Å²) in [6.45, 7) is 8.49. The maximum Gasteiger partial charge on any atom is 0.243 e. The van der Waals surface area contributed by atoms with Crippen molar-refractivity contribution in [2.75, 3.05) is 7.11 Å². The fraction of sp³-hybridized carbons (Fsp3) is 0.684. The molecule has 134 valence electrons. The minimum absolute atomic E-state index is 0.0206. The molecular formula is C19H29NO3S. The van der Waals surface area contributed by atoms with Crippen molar-refractivity contribution in [3.8, 4) is 0 Å². The van der Waals surface area contributed by atoms with Crippen molar-refractivity contribution in [3.63, 3.8) is 0 Å². The molecule has 2 heterocycles. The van der Waals surface area contributed by atoms with Gasteiger partial charge in [-0.15, -0.1) is 0 Å². The average molecular weight is 352 g/mol. The van der Waals surface area contributed by atoms with Gasteiger partial charge in [-0.1, -0.05) is 32.9 Å². The number of piperidine rings is 1. The second-order valence-electron chi connectivity index (χ2n) is 8.56. The Morgan fingerprint density at radius 3 is 2.00 bits per heavy atom. The lowest BCUT2D eigenvalue weighted by Gasteiger charge is -2.43. The van der Waals surface area contributed by atoms with Gasteiger partial charge in [-0.2, -0.15) is 4.31 Å². The van der Waals surface area contributed by atoms with E-state index in [2.05, 4.69) is 27.7 Å². The van der Waals surface area contributed by atoms with Crippen molar-refractivity contribution in [2.45, 2.75) is 81.4 Å². The van der Waals surface area contributed by atoms with E-state index in [0.29, 0.717) is 4.90 Å². The number of hydrogen-bond acceptors (Lipinski definition) is 3. The van der Waals surface area contributed by atoms with Crippen LogP contribution in [0.4, 0.5) is 0 Å². The number of fused-ring (bicyclic) bond motifs is 2. The third-order valence-electron chi connectivity index (χ3n) is 5.68. The maximum atomic E-state index is 13.2. The van der Waals surface area contributed by atoms with Crippen molar-refractivity contribution >= 4 is 10.0 Å². The molecule has 2 fully saturated rings. The summed E-state index contributed by atoms with van der Waals surface area (Å²) in [5, 5.41) is 0. The zero-order chi connectivity index (χ0) is 17.8. The highest BCUT2D eigenvalue weighted by molar-refractivity contribution is 7.89. The quantitative estimate of drug-likeness (QED) is 0.834. The summed E-state index contributed by atoms with van der Waals surface area (Å²) < 4.78 is 33.8. The molecule has 24 heavy (non-hydrogen) atoms. The van der Waals surface area contributed by atoms with E-state index >= 15 is 0 Å². The van der Waals surface area contributed by atoms with Crippen LogP contribution in [-0.2, 0) is 20.2 Å². The fourth-order valence-corrected chi connectivity index (χ4v) is 6.08. The van der Waals surface area contributed by atoms with Gasteiger partial charge in [-0.05, 0) is 55.7 Å². The van der Waals surface area contributed by atoms with Crippen LogP contribution < -0.4 is 0 Å². The van der Waals surface area contributed by atoms with Gasteiger partial charge in [-0.25, -0.2) is 8.42 Å². The Hall–Kier alpha value is -0.910. The van der Waals surface area contributed by atoms with Crippen LogP contribution in [0, 0.1) is 0 Å². The smallest absolute Gasteiger partial charge is 0.243 e. The lowest BCUT2D eigenvalue weighted by molar-refractivity contribution is -0.0497. The van der Waals surface area contributed by atoms with Crippen LogP contribution in [0.3, 0.4) is 0 Å². The number of ether oxygens (including phenoxy) is 1. The first-order valence-corrected chi connectivity index (χ1v) is 10.2. The van der Waals surface area contributed by atoms with E-state index in [1.165, 1.54) is 0 Å². The van der Waals surface area contributed by atoms with E-state index in [-0.39, 0.29) is 23.1 Å². The van der Waals surface area contributed by atoms with Crippen LogP contribution in [0.2, 0.25) is 0 Å². The molecule has 5 heteroatoms. The molecule has 0 amide bonds. The summed E-state index contributed by atoms with van der Waals surface area (Å²) in [4.78, 5) is 0.411. The Morgan fingerprint density at radius 2 is 1.58 bits per heavy atom. The van der Waals surface area contributed by atoms with Gasteiger partial charge < -0.3 is 4.74 Å². The van der Waals surface area contributed by atoms with Crippen molar-refractivity contribution in [3.05, 3.63) is 29.8 Å². The first-order chi connectivity index (χ1) is 11.1. The highest BCUT2D eigenvalue weighted by Crippen LogP contribution is 2.44. The molecule has 0 N–H and O–H groups in total. The molecule has 0 aromatic heterocycles. The van der Waals surface area contributed by atoms with E-state index in [1.807, 2.05) is 12.1 Å². The van der Waals surface area contributed by atoms with Crippen molar-refractivity contribution in [1.82, 2.24) is 4.31 Å². The summed E-state index contributed by atoms with van der Waals surface area (Å²) >= 11 is 0. The summed E-state index contributed by atoms with van der Waals surface area (Å²) in [6.07, 6.45) is 3.42. The van der Waals surface area contributed by atoms with E-state index < -0.39 is 10.0 Å². The lowest BCUT2D eigenvalue weighted by Crippen LogP contribution is -2.52. The largest absolute Gasteiger partial charge is 0.378 e. The molecule has 4 nitrogen and oxygen atoms in total. The summed E-state index contributed by atoms with van der Waals surface area (Å²) in [6, 6.07) is 7.52. The van der Waals surface area contributed by atoms with Gasteiger partial charge in [0.25, 0.3) is 0 Å². The topological polar surface area (TPSA) is 46.6 Å². The van der Waals surface area contributed by atoms with E-state index in [9.17, 15) is 8.42 Å². The first-order valence-electron chi connectivity index (χ1n) is 8.76. The zero-order valence-electron chi connectivity index (χ0n) is 15.4. The van der Waals surface area contributed by atoms with Gasteiger partial charge in [0.1, 0.15) is 0 Å². The van der Waals surface area contributed by atoms with Gasteiger partial charge in [0.05, 0.1) is 10.5 Å². The summed E-state index contributed by atoms with van der Waals surface area (Å²) in [5.41, 5.74) is 0.968. The molecule has 0 aliphatic carbocycles. The molecule has 1 unspecified atom stereocenters. The van der Waals surface area contributed by atoms with Crippen LogP contribution >= 0.6 is 0 Å². The minimum atomic E-state index is -3.44. The molecule has 3 atom stereocenters. The third-order valence-corrected chi connectivity index (χ3v) is 7.70. The predicted octanol–water partition coefficient (Wildman–Crippen LogP) is 3.70. The first kappa shape index (κ1) is 17.9. The third kappa shape index (κ3) is 3.02. The number of rotatable bonds is 3. The predicted molar refractivity (Wildman–Crippen MR) is 95.6 cm³/mol. The SMILES string of the molecule is COC1(C)C[C@H]2CC[C@@H](C1)N2S(=O)(=O)c1ccc(C(C)(C)C)cc1. The molecule has 0 spiro atoms. The molecule has 2 aliphatic heterocycles. The van der Waals surface area contributed by atoms with Gasteiger partial charge in [-0.3, -0.25) is 0 Å². The Bertz CT molecular complexity index is 689. The summed E-state index contributed by atoms with van der Waals surface area (Å²) in [5.74, 6) is 0. The number of hydrogen-bond donors (Lipinski definition) is 0. The van der Waals surface area contributed by atoms with Gasteiger partial charge >= 0.3 is 0 Å². The van der Waals surface area contributed by atoms with E-state index in [0.717, 1.165) is 31.2 Å². The Kier molecular flexibility index (Phi) is 4.34. The van der Waals surface area contributed by atoms with Crippen molar-refractivity contribution in [1.29, 1.82) is 0 Å².